The van der Waals surface area contributed by atoms with Crippen LogP contribution in [-0.2, 0) is 17.9 Å². The number of carbonyl (C=O) groups excluding carboxylic acids is 1. The van der Waals surface area contributed by atoms with E-state index in [9.17, 15) is 14.4 Å². The van der Waals surface area contributed by atoms with Crippen LogP contribution in [-0.4, -0.2) is 40.5 Å². The summed E-state index contributed by atoms with van der Waals surface area (Å²) in [4.78, 5) is 43.9. The van der Waals surface area contributed by atoms with Gasteiger partial charge in [0, 0.05) is 19.6 Å². The van der Waals surface area contributed by atoms with Gasteiger partial charge in [-0.05, 0) is 36.9 Å². The van der Waals surface area contributed by atoms with Gasteiger partial charge in [-0.3, -0.25) is 24.0 Å². The number of nitrogen functional groups attached to an aromatic ring is 1. The molecule has 0 fully saturated rings. The van der Waals surface area contributed by atoms with Crippen LogP contribution in [0.3, 0.4) is 0 Å². The van der Waals surface area contributed by atoms with Crippen LogP contribution in [0.4, 0.5) is 11.5 Å². The van der Waals surface area contributed by atoms with Crippen LogP contribution in [0.2, 0.25) is 0 Å². The van der Waals surface area contributed by atoms with E-state index in [1.165, 1.54) is 9.47 Å². The molecule has 0 spiro atoms. The molecule has 1 aromatic heterocycles. The summed E-state index contributed by atoms with van der Waals surface area (Å²) < 4.78 is 1.33. The van der Waals surface area contributed by atoms with Crippen LogP contribution in [0.1, 0.15) is 38.8 Å². The summed E-state index contributed by atoms with van der Waals surface area (Å²) in [6, 6.07) is 8.03. The van der Waals surface area contributed by atoms with Gasteiger partial charge in [0.05, 0.1) is 6.54 Å². The van der Waals surface area contributed by atoms with E-state index in [0.717, 1.165) is 11.1 Å². The smallest absolute Gasteiger partial charge is 0.330 e. The van der Waals surface area contributed by atoms with Crippen LogP contribution < -0.4 is 21.9 Å². The van der Waals surface area contributed by atoms with Crippen LogP contribution >= 0.6 is 0 Å². The summed E-state index contributed by atoms with van der Waals surface area (Å²) in [5.74, 6) is 0.0397. The molecule has 0 aliphatic heterocycles. The molecule has 31 heavy (non-hydrogen) atoms. The molecule has 8 nitrogen and oxygen atoms in total. The minimum Gasteiger partial charge on any atom is -0.383 e. The molecule has 8 heteroatoms. The minimum atomic E-state index is -0.641. The van der Waals surface area contributed by atoms with Gasteiger partial charge in [-0.25, -0.2) is 4.79 Å². The Morgan fingerprint density at radius 2 is 1.77 bits per heavy atom. The van der Waals surface area contributed by atoms with E-state index in [1.54, 1.807) is 0 Å². The monoisotopic (exact) mass is 429 g/mol. The van der Waals surface area contributed by atoms with Crippen LogP contribution in [0, 0.1) is 18.8 Å². The Morgan fingerprint density at radius 3 is 2.35 bits per heavy atom. The lowest BCUT2D eigenvalue weighted by atomic mass is 10.1. The number of benzene rings is 1. The molecule has 0 unspecified atom stereocenters. The number of likely N-dealkylation sites (N-methyl/N-ethyl adjacent to an activating group) is 1. The van der Waals surface area contributed by atoms with Crippen molar-refractivity contribution < 1.29 is 4.79 Å². The predicted molar refractivity (Wildman–Crippen MR) is 125 cm³/mol. The number of hydrogen-bond donors (Lipinski definition) is 2. The highest BCUT2D eigenvalue weighted by Gasteiger charge is 2.26. The zero-order chi connectivity index (χ0) is 23.3. The average Bonchev–Trinajstić information content (AvgIpc) is 2.65. The number of anilines is 2. The van der Waals surface area contributed by atoms with E-state index in [1.807, 2.05) is 70.8 Å². The van der Waals surface area contributed by atoms with Gasteiger partial charge in [0.25, 0.3) is 5.56 Å². The quantitative estimate of drug-likeness (QED) is 0.636. The van der Waals surface area contributed by atoms with Crippen molar-refractivity contribution in [3.8, 4) is 0 Å². The molecule has 0 bridgehead atoms. The Hall–Kier alpha value is -2.87. The number of carbonyl (C=O) groups is 1. The Bertz CT molecular complexity index is 1020. The van der Waals surface area contributed by atoms with Crippen molar-refractivity contribution in [2.75, 3.05) is 30.8 Å². The molecule has 1 amide bonds. The van der Waals surface area contributed by atoms with Gasteiger partial charge in [0.15, 0.2) is 5.69 Å². The number of hydrogen-bond acceptors (Lipinski definition) is 5. The number of rotatable bonds is 9. The molecule has 0 atom stereocenters. The van der Waals surface area contributed by atoms with Crippen LogP contribution in [0.5, 0.6) is 0 Å². The second-order valence-electron chi connectivity index (χ2n) is 8.99. The zero-order valence-corrected chi connectivity index (χ0v) is 19.4. The number of amides is 1. The van der Waals surface area contributed by atoms with Crippen molar-refractivity contribution >= 4 is 17.4 Å². The van der Waals surface area contributed by atoms with Gasteiger partial charge in [-0.1, -0.05) is 52.0 Å². The lowest BCUT2D eigenvalue weighted by molar-refractivity contribution is -0.119. The maximum atomic E-state index is 13.3. The largest absolute Gasteiger partial charge is 0.383 e. The molecule has 2 rings (SSSR count). The predicted octanol–water partition coefficient (Wildman–Crippen LogP) is 2.20. The van der Waals surface area contributed by atoms with Crippen molar-refractivity contribution in [3.05, 3.63) is 56.2 Å². The highest BCUT2D eigenvalue weighted by molar-refractivity contribution is 5.96. The molecule has 0 aliphatic rings. The third-order valence-electron chi connectivity index (χ3n) is 4.99. The van der Waals surface area contributed by atoms with Crippen molar-refractivity contribution in [3.63, 3.8) is 0 Å². The fraction of sp³-hybridized carbons (Fsp3) is 0.522. The highest BCUT2D eigenvalue weighted by atomic mass is 16.2. The average molecular weight is 430 g/mol. The van der Waals surface area contributed by atoms with Crippen molar-refractivity contribution in [1.29, 1.82) is 0 Å². The summed E-state index contributed by atoms with van der Waals surface area (Å²) in [7, 11) is 1.87. The Labute approximate surface area is 183 Å². The summed E-state index contributed by atoms with van der Waals surface area (Å²) in [5.41, 5.74) is 7.39. The molecule has 1 aromatic carbocycles. The second-order valence-corrected chi connectivity index (χ2v) is 8.99. The number of aryl methyl sites for hydroxylation is 1. The first-order valence-corrected chi connectivity index (χ1v) is 10.7. The summed E-state index contributed by atoms with van der Waals surface area (Å²) in [6.07, 6.45) is 0. The van der Waals surface area contributed by atoms with Gasteiger partial charge in [-0.15, -0.1) is 0 Å². The Balaban J connectivity index is 2.37. The Morgan fingerprint density at radius 1 is 1.13 bits per heavy atom. The molecule has 170 valence electrons. The molecule has 2 aromatic rings. The van der Waals surface area contributed by atoms with E-state index in [-0.39, 0.29) is 35.8 Å². The number of nitrogens with zero attached hydrogens (tertiary/aromatic N) is 3. The normalized spacial score (nSPS) is 11.5. The molecule has 0 aliphatic carbocycles. The van der Waals surface area contributed by atoms with Crippen molar-refractivity contribution in [2.24, 2.45) is 11.8 Å². The summed E-state index contributed by atoms with van der Waals surface area (Å²) >= 11 is 0. The van der Waals surface area contributed by atoms with Gasteiger partial charge in [0.2, 0.25) is 5.91 Å². The maximum Gasteiger partial charge on any atom is 0.330 e. The minimum absolute atomic E-state index is 0.0259. The molecule has 3 N–H and O–H groups in total. The first-order chi connectivity index (χ1) is 14.5. The van der Waals surface area contributed by atoms with Crippen LogP contribution in [0.15, 0.2) is 33.9 Å². The number of aromatic amines is 1. The third kappa shape index (κ3) is 6.30. The number of nitrogens with two attached hydrogens (primary N) is 1. The second kappa shape index (κ2) is 10.4. The maximum absolute atomic E-state index is 13.3. The SMILES string of the molecule is Cc1ccccc1CN(C)CC(=O)N(CC(C)C)c1c(N)n(CC(C)C)c(=O)[nH]c1=O. The first kappa shape index (κ1) is 24.4. The van der Waals surface area contributed by atoms with E-state index in [4.69, 9.17) is 5.73 Å². The number of H-pyrrole nitrogens is 1. The van der Waals surface area contributed by atoms with Crippen molar-refractivity contribution in [2.45, 2.75) is 47.7 Å². The number of nitrogens with one attached hydrogen (secondary N) is 1. The fourth-order valence-electron chi connectivity index (χ4n) is 3.52. The van der Waals surface area contributed by atoms with Crippen LogP contribution in [0.25, 0.3) is 0 Å². The van der Waals surface area contributed by atoms with Gasteiger partial charge < -0.3 is 10.6 Å². The van der Waals surface area contributed by atoms with Gasteiger partial charge in [0.1, 0.15) is 5.82 Å². The number of aromatic nitrogens is 2. The Kier molecular flexibility index (Phi) is 8.21. The standard InChI is InChI=1S/C23H35N5O3/c1-15(2)11-27(19(29)14-26(6)13-18-10-8-7-9-17(18)5)20-21(24)28(12-16(3)4)23(31)25-22(20)30/h7-10,15-16H,11-14,24H2,1-6H3,(H,25,30,31). The molecule has 0 radical (unpaired) electrons. The fourth-order valence-corrected chi connectivity index (χ4v) is 3.52. The summed E-state index contributed by atoms with van der Waals surface area (Å²) in [6.45, 7) is 11.3. The van der Waals surface area contributed by atoms with E-state index >= 15 is 0 Å². The van der Waals surface area contributed by atoms with Crippen molar-refractivity contribution in [1.82, 2.24) is 14.5 Å². The van der Waals surface area contributed by atoms with Gasteiger partial charge >= 0.3 is 5.69 Å². The third-order valence-corrected chi connectivity index (χ3v) is 4.99. The molecule has 1 heterocycles. The lowest BCUT2D eigenvalue weighted by Gasteiger charge is -2.28. The molecular weight excluding hydrogens is 394 g/mol. The zero-order valence-electron chi connectivity index (χ0n) is 19.4. The molecule has 0 saturated carbocycles. The van der Waals surface area contributed by atoms with E-state index in [0.29, 0.717) is 19.6 Å². The molecule has 0 saturated heterocycles. The van der Waals surface area contributed by atoms with Gasteiger partial charge in [-0.2, -0.15) is 0 Å². The lowest BCUT2D eigenvalue weighted by Crippen LogP contribution is -2.46. The first-order valence-electron chi connectivity index (χ1n) is 10.7. The summed E-state index contributed by atoms with van der Waals surface area (Å²) in [5, 5.41) is 0. The van der Waals surface area contributed by atoms with E-state index in [2.05, 4.69) is 4.98 Å². The highest BCUT2D eigenvalue weighted by Crippen LogP contribution is 2.20. The van der Waals surface area contributed by atoms with E-state index < -0.39 is 11.2 Å². The molecular formula is C23H35N5O3. The topological polar surface area (TPSA) is 104 Å².